The fourth-order valence-electron chi connectivity index (χ4n) is 0.889. The van der Waals surface area contributed by atoms with Crippen LogP contribution in [-0.4, -0.2) is 12.2 Å². The summed E-state index contributed by atoms with van der Waals surface area (Å²) >= 11 is 0. The summed E-state index contributed by atoms with van der Waals surface area (Å²) in [5.74, 6) is 5.43. The van der Waals surface area contributed by atoms with Crippen molar-refractivity contribution in [2.45, 2.75) is 0 Å². The fraction of sp³-hybridized carbons (Fsp3) is 0.100. The Morgan fingerprint density at radius 3 is 2.85 bits per heavy atom. The van der Waals surface area contributed by atoms with E-state index in [2.05, 4.69) is 11.8 Å². The van der Waals surface area contributed by atoms with E-state index >= 15 is 0 Å². The third-order valence-corrected chi connectivity index (χ3v) is 1.44. The molecule has 0 unspecified atom stereocenters. The minimum Gasteiger partial charge on any atom is -0.508 e. The van der Waals surface area contributed by atoms with Crippen molar-refractivity contribution in [3.8, 4) is 29.4 Å². The average molecular weight is 173 g/mol. The van der Waals surface area contributed by atoms with Crippen molar-refractivity contribution in [3.63, 3.8) is 0 Å². The molecule has 0 fully saturated rings. The van der Waals surface area contributed by atoms with E-state index in [1.807, 2.05) is 0 Å². The summed E-state index contributed by atoms with van der Waals surface area (Å²) in [4.78, 5) is 0. The lowest BCUT2D eigenvalue weighted by Gasteiger charge is -2.02. The molecule has 1 aromatic carbocycles. The van der Waals surface area contributed by atoms with Crippen LogP contribution in [0.15, 0.2) is 18.2 Å². The van der Waals surface area contributed by atoms with Crippen LogP contribution in [0.2, 0.25) is 0 Å². The van der Waals surface area contributed by atoms with Crippen LogP contribution in [0.3, 0.4) is 0 Å². The highest BCUT2D eigenvalue weighted by Gasteiger charge is 1.99. The van der Waals surface area contributed by atoms with E-state index in [9.17, 15) is 0 Å². The van der Waals surface area contributed by atoms with E-state index < -0.39 is 0 Å². The van der Waals surface area contributed by atoms with Crippen LogP contribution in [-0.2, 0) is 0 Å². The van der Waals surface area contributed by atoms with Crippen molar-refractivity contribution in [3.05, 3.63) is 23.8 Å². The first kappa shape index (κ1) is 8.96. The van der Waals surface area contributed by atoms with E-state index in [0.717, 1.165) is 0 Å². The fourth-order valence-corrected chi connectivity index (χ4v) is 0.889. The van der Waals surface area contributed by atoms with Gasteiger partial charge in [-0.15, -0.1) is 0 Å². The Kier molecular flexibility index (Phi) is 2.78. The maximum atomic E-state index is 9.13. The molecule has 0 amide bonds. The predicted octanol–water partition coefficient (Wildman–Crippen LogP) is 1.28. The summed E-state index contributed by atoms with van der Waals surface area (Å²) < 4.78 is 4.97. The second-order valence-electron chi connectivity index (χ2n) is 2.25. The highest BCUT2D eigenvalue weighted by atomic mass is 16.5. The van der Waals surface area contributed by atoms with E-state index in [-0.39, 0.29) is 5.75 Å². The van der Waals surface area contributed by atoms with E-state index in [4.69, 9.17) is 15.1 Å². The topological polar surface area (TPSA) is 53.2 Å². The highest BCUT2D eigenvalue weighted by Crippen LogP contribution is 2.21. The van der Waals surface area contributed by atoms with Gasteiger partial charge in [0.05, 0.1) is 12.7 Å². The molecule has 0 aliphatic rings. The van der Waals surface area contributed by atoms with Gasteiger partial charge in [0.2, 0.25) is 0 Å². The zero-order valence-corrected chi connectivity index (χ0v) is 7.03. The molecule has 3 heteroatoms. The van der Waals surface area contributed by atoms with E-state index in [0.29, 0.717) is 11.3 Å². The summed E-state index contributed by atoms with van der Waals surface area (Å²) in [6.45, 7) is 0. The van der Waals surface area contributed by atoms with Gasteiger partial charge >= 0.3 is 0 Å². The molecule has 0 radical (unpaired) electrons. The highest BCUT2D eigenvalue weighted by molar-refractivity contribution is 5.50. The Balaban J connectivity index is 3.17. The van der Waals surface area contributed by atoms with E-state index in [1.54, 1.807) is 12.1 Å². The lowest BCUT2D eigenvalue weighted by atomic mass is 10.2. The second-order valence-corrected chi connectivity index (χ2v) is 2.25. The van der Waals surface area contributed by atoms with Crippen molar-refractivity contribution < 1.29 is 9.84 Å². The zero-order valence-electron chi connectivity index (χ0n) is 7.03. The number of aromatic hydroxyl groups is 1. The van der Waals surface area contributed by atoms with Gasteiger partial charge in [0, 0.05) is 5.92 Å². The first-order chi connectivity index (χ1) is 6.27. The Bertz CT molecular complexity index is 407. The SMILES string of the molecule is COc1ccc(O)cc1C#CC#N. The molecule has 1 aromatic rings. The Hall–Kier alpha value is -2.13. The molecule has 0 bridgehead atoms. The van der Waals surface area contributed by atoms with E-state index in [1.165, 1.54) is 19.2 Å². The van der Waals surface area contributed by atoms with Crippen LogP contribution in [0, 0.1) is 23.2 Å². The summed E-state index contributed by atoms with van der Waals surface area (Å²) in [5.41, 5.74) is 0.504. The molecule has 0 aliphatic heterocycles. The van der Waals surface area contributed by atoms with Crippen LogP contribution >= 0.6 is 0 Å². The lowest BCUT2D eigenvalue weighted by Crippen LogP contribution is -1.86. The summed E-state index contributed by atoms with van der Waals surface area (Å²) in [5, 5.41) is 17.4. The maximum absolute atomic E-state index is 9.13. The number of hydrogen-bond donors (Lipinski definition) is 1. The average Bonchev–Trinajstić information content (AvgIpc) is 2.15. The summed E-state index contributed by atoms with van der Waals surface area (Å²) in [6.07, 6.45) is 0. The van der Waals surface area contributed by atoms with Gasteiger partial charge in [-0.25, -0.2) is 0 Å². The van der Waals surface area contributed by atoms with Crippen LogP contribution in [0.5, 0.6) is 11.5 Å². The van der Waals surface area contributed by atoms with Crippen LogP contribution in [0.1, 0.15) is 5.56 Å². The minimum atomic E-state index is 0.100. The van der Waals surface area contributed by atoms with Gasteiger partial charge < -0.3 is 9.84 Å². The first-order valence-corrected chi connectivity index (χ1v) is 3.55. The van der Waals surface area contributed by atoms with Crippen molar-refractivity contribution in [2.24, 2.45) is 0 Å². The molecular weight excluding hydrogens is 166 g/mol. The Morgan fingerprint density at radius 2 is 2.23 bits per heavy atom. The number of ether oxygens (including phenoxy) is 1. The molecule has 0 atom stereocenters. The number of rotatable bonds is 1. The van der Waals surface area contributed by atoms with Crippen molar-refractivity contribution >= 4 is 0 Å². The first-order valence-electron chi connectivity index (χ1n) is 3.55. The standard InChI is InChI=1S/C10H7NO2/c1-13-10-5-4-9(12)7-8(10)3-2-6-11/h4-5,7,12H,1H3. The van der Waals surface area contributed by atoms with Crippen molar-refractivity contribution in [2.75, 3.05) is 7.11 Å². The number of phenols is 1. The Labute approximate surface area is 76.2 Å². The molecule has 0 aliphatic carbocycles. The molecule has 0 aromatic heterocycles. The smallest absolute Gasteiger partial charge is 0.152 e. The third kappa shape index (κ3) is 2.15. The zero-order chi connectivity index (χ0) is 9.68. The summed E-state index contributed by atoms with van der Waals surface area (Å²) in [6, 6.07) is 6.23. The van der Waals surface area contributed by atoms with Gasteiger partial charge in [-0.1, -0.05) is 0 Å². The van der Waals surface area contributed by atoms with Gasteiger partial charge in [-0.3, -0.25) is 0 Å². The molecule has 64 valence electrons. The summed E-state index contributed by atoms with van der Waals surface area (Å²) in [7, 11) is 1.50. The van der Waals surface area contributed by atoms with Gasteiger partial charge in [0.25, 0.3) is 0 Å². The quantitative estimate of drug-likeness (QED) is 0.651. The number of hydrogen-bond acceptors (Lipinski definition) is 3. The number of benzene rings is 1. The van der Waals surface area contributed by atoms with Gasteiger partial charge in [-0.2, -0.15) is 5.26 Å². The van der Waals surface area contributed by atoms with Crippen LogP contribution in [0.4, 0.5) is 0 Å². The van der Waals surface area contributed by atoms with Gasteiger partial charge in [0.15, 0.2) is 6.07 Å². The lowest BCUT2D eigenvalue weighted by molar-refractivity contribution is 0.411. The van der Waals surface area contributed by atoms with Crippen LogP contribution < -0.4 is 4.74 Å². The van der Waals surface area contributed by atoms with Crippen molar-refractivity contribution in [1.82, 2.24) is 0 Å². The number of nitriles is 1. The second kappa shape index (κ2) is 4.04. The number of methoxy groups -OCH3 is 1. The minimum absolute atomic E-state index is 0.100. The normalized spacial score (nSPS) is 8.00. The predicted molar refractivity (Wildman–Crippen MR) is 47.1 cm³/mol. The molecule has 0 saturated heterocycles. The molecule has 3 nitrogen and oxygen atoms in total. The molecule has 1 rings (SSSR count). The molecule has 0 heterocycles. The monoisotopic (exact) mass is 173 g/mol. The maximum Gasteiger partial charge on any atom is 0.152 e. The molecule has 13 heavy (non-hydrogen) atoms. The Morgan fingerprint density at radius 1 is 1.46 bits per heavy atom. The largest absolute Gasteiger partial charge is 0.508 e. The molecule has 0 saturated carbocycles. The third-order valence-electron chi connectivity index (χ3n) is 1.44. The molecule has 0 spiro atoms. The van der Waals surface area contributed by atoms with Crippen LogP contribution in [0.25, 0.3) is 0 Å². The van der Waals surface area contributed by atoms with Gasteiger partial charge in [0.1, 0.15) is 11.5 Å². The number of nitrogens with zero attached hydrogens (tertiary/aromatic N) is 1. The van der Waals surface area contributed by atoms with Gasteiger partial charge in [-0.05, 0) is 24.1 Å². The van der Waals surface area contributed by atoms with Crippen molar-refractivity contribution in [1.29, 1.82) is 5.26 Å². The molecule has 1 N–H and O–H groups in total. The number of phenolic OH excluding ortho intramolecular Hbond substituents is 1. The molecular formula is C10H7NO2.